The summed E-state index contributed by atoms with van der Waals surface area (Å²) in [5.74, 6) is -0.192. The highest BCUT2D eigenvalue weighted by Crippen LogP contribution is 2.30. The average molecular weight is 237 g/mol. The molecule has 3 rings (SSSR count). The van der Waals surface area contributed by atoms with Crippen LogP contribution in [0.3, 0.4) is 0 Å². The Bertz CT molecular complexity index is 654. The summed E-state index contributed by atoms with van der Waals surface area (Å²) in [4.78, 5) is 17.9. The largest absolute Gasteiger partial charge is 0.310 e. The third-order valence-electron chi connectivity index (χ3n) is 3.22. The van der Waals surface area contributed by atoms with Crippen molar-refractivity contribution in [2.45, 2.75) is 6.42 Å². The van der Waals surface area contributed by atoms with Gasteiger partial charge in [0.15, 0.2) is 0 Å². The number of hydrogen-bond acceptors (Lipinski definition) is 3. The highest BCUT2D eigenvalue weighted by Gasteiger charge is 2.31. The maximum absolute atomic E-state index is 11.9. The maximum Gasteiger partial charge on any atom is 0.228 e. The van der Waals surface area contributed by atoms with Gasteiger partial charge in [-0.2, -0.15) is 5.26 Å². The molecule has 1 aliphatic heterocycles. The van der Waals surface area contributed by atoms with Crippen LogP contribution in [0, 0.1) is 17.2 Å². The summed E-state index contributed by atoms with van der Waals surface area (Å²) in [5, 5.41) is 9.87. The molecule has 1 aromatic heterocycles. The SMILES string of the molecule is N#CC1CC(=O)N(c2cccc3ncccc23)C1. The second-order valence-electron chi connectivity index (χ2n) is 4.38. The second-order valence-corrected chi connectivity index (χ2v) is 4.38. The number of amides is 1. The van der Waals surface area contributed by atoms with Crippen molar-refractivity contribution in [3.05, 3.63) is 36.5 Å². The number of nitriles is 1. The fraction of sp³-hybridized carbons (Fsp3) is 0.214. The van der Waals surface area contributed by atoms with Crippen molar-refractivity contribution in [2.24, 2.45) is 5.92 Å². The molecule has 4 heteroatoms. The molecule has 0 bridgehead atoms. The first kappa shape index (κ1) is 10.7. The van der Waals surface area contributed by atoms with E-state index in [4.69, 9.17) is 5.26 Å². The summed E-state index contributed by atoms with van der Waals surface area (Å²) in [6.45, 7) is 0.476. The zero-order valence-corrected chi connectivity index (χ0v) is 9.71. The Morgan fingerprint density at radius 1 is 1.33 bits per heavy atom. The van der Waals surface area contributed by atoms with Gasteiger partial charge in [-0.3, -0.25) is 9.78 Å². The van der Waals surface area contributed by atoms with E-state index in [0.29, 0.717) is 13.0 Å². The Labute approximate surface area is 104 Å². The molecule has 2 aromatic rings. The number of aromatic nitrogens is 1. The smallest absolute Gasteiger partial charge is 0.228 e. The standard InChI is InChI=1S/C14H11N3O/c15-8-10-7-14(18)17(9-10)13-5-1-4-12-11(13)3-2-6-16-12/h1-6,10H,7,9H2. The van der Waals surface area contributed by atoms with Gasteiger partial charge in [0, 0.05) is 24.5 Å². The molecule has 0 radical (unpaired) electrons. The zero-order valence-electron chi connectivity index (χ0n) is 9.71. The van der Waals surface area contributed by atoms with Crippen LogP contribution >= 0.6 is 0 Å². The number of fused-ring (bicyclic) bond motifs is 1. The van der Waals surface area contributed by atoms with Crippen LogP contribution in [0.1, 0.15) is 6.42 Å². The lowest BCUT2D eigenvalue weighted by molar-refractivity contribution is -0.117. The highest BCUT2D eigenvalue weighted by atomic mass is 16.2. The fourth-order valence-electron chi connectivity index (χ4n) is 2.35. The van der Waals surface area contributed by atoms with Gasteiger partial charge in [0.05, 0.1) is 23.2 Å². The van der Waals surface area contributed by atoms with Gasteiger partial charge in [-0.25, -0.2) is 0 Å². The molecule has 18 heavy (non-hydrogen) atoms. The molecule has 1 amide bonds. The van der Waals surface area contributed by atoms with E-state index in [1.165, 1.54) is 0 Å². The lowest BCUT2D eigenvalue weighted by Gasteiger charge is -2.17. The molecular weight excluding hydrogens is 226 g/mol. The Balaban J connectivity index is 2.10. The zero-order chi connectivity index (χ0) is 12.5. The summed E-state index contributed by atoms with van der Waals surface area (Å²) in [6, 6.07) is 11.7. The quantitative estimate of drug-likeness (QED) is 0.763. The molecule has 0 saturated carbocycles. The first-order chi connectivity index (χ1) is 8.79. The lowest BCUT2D eigenvalue weighted by atomic mass is 10.1. The van der Waals surface area contributed by atoms with E-state index in [-0.39, 0.29) is 11.8 Å². The average Bonchev–Trinajstić information content (AvgIpc) is 2.79. The molecule has 0 N–H and O–H groups in total. The van der Waals surface area contributed by atoms with E-state index in [1.807, 2.05) is 30.3 Å². The van der Waals surface area contributed by atoms with Crippen molar-refractivity contribution in [2.75, 3.05) is 11.4 Å². The van der Waals surface area contributed by atoms with Crippen molar-refractivity contribution in [3.63, 3.8) is 0 Å². The third kappa shape index (κ3) is 1.61. The number of pyridine rings is 1. The van der Waals surface area contributed by atoms with Gasteiger partial charge < -0.3 is 4.90 Å². The molecule has 1 unspecified atom stereocenters. The van der Waals surface area contributed by atoms with Gasteiger partial charge in [0.1, 0.15) is 0 Å². The van der Waals surface area contributed by atoms with E-state index in [2.05, 4.69) is 11.1 Å². The molecular formula is C14H11N3O. The van der Waals surface area contributed by atoms with Crippen LogP contribution in [-0.2, 0) is 4.79 Å². The summed E-state index contributed by atoms with van der Waals surface area (Å²) in [6.07, 6.45) is 2.04. The van der Waals surface area contributed by atoms with Crippen molar-refractivity contribution < 1.29 is 4.79 Å². The molecule has 2 heterocycles. The third-order valence-corrected chi connectivity index (χ3v) is 3.22. The van der Waals surface area contributed by atoms with Crippen LogP contribution in [0.5, 0.6) is 0 Å². The van der Waals surface area contributed by atoms with Gasteiger partial charge in [0.25, 0.3) is 0 Å². The monoisotopic (exact) mass is 237 g/mol. The molecule has 0 spiro atoms. The number of anilines is 1. The summed E-state index contributed by atoms with van der Waals surface area (Å²) >= 11 is 0. The molecule has 1 fully saturated rings. The minimum absolute atomic E-state index is 0.0119. The molecule has 88 valence electrons. The van der Waals surface area contributed by atoms with Crippen LogP contribution in [0.25, 0.3) is 10.9 Å². The molecule has 4 nitrogen and oxygen atoms in total. The van der Waals surface area contributed by atoms with Crippen molar-refractivity contribution in [1.82, 2.24) is 4.98 Å². The predicted molar refractivity (Wildman–Crippen MR) is 67.8 cm³/mol. The molecule has 1 saturated heterocycles. The van der Waals surface area contributed by atoms with Crippen LogP contribution in [0.2, 0.25) is 0 Å². The second kappa shape index (κ2) is 4.11. The normalized spacial score (nSPS) is 19.2. The predicted octanol–water partition coefficient (Wildman–Crippen LogP) is 2.11. The van der Waals surface area contributed by atoms with Gasteiger partial charge >= 0.3 is 0 Å². The molecule has 1 aromatic carbocycles. The van der Waals surface area contributed by atoms with Gasteiger partial charge in [0.2, 0.25) is 5.91 Å². The van der Waals surface area contributed by atoms with Crippen molar-refractivity contribution >= 4 is 22.5 Å². The molecule has 1 atom stereocenters. The van der Waals surface area contributed by atoms with Crippen LogP contribution in [-0.4, -0.2) is 17.4 Å². The van der Waals surface area contributed by atoms with E-state index < -0.39 is 0 Å². The minimum Gasteiger partial charge on any atom is -0.310 e. The first-order valence-corrected chi connectivity index (χ1v) is 5.83. The number of rotatable bonds is 1. The Morgan fingerprint density at radius 3 is 3.00 bits per heavy atom. The number of benzene rings is 1. The molecule has 1 aliphatic rings. The van der Waals surface area contributed by atoms with E-state index in [9.17, 15) is 4.79 Å². The summed E-state index contributed by atoms with van der Waals surface area (Å²) < 4.78 is 0. The van der Waals surface area contributed by atoms with E-state index >= 15 is 0 Å². The topological polar surface area (TPSA) is 57.0 Å². The van der Waals surface area contributed by atoms with Crippen molar-refractivity contribution in [3.8, 4) is 6.07 Å². The Morgan fingerprint density at radius 2 is 2.22 bits per heavy atom. The highest BCUT2D eigenvalue weighted by molar-refractivity contribution is 6.04. The molecule has 0 aliphatic carbocycles. The van der Waals surface area contributed by atoms with Crippen LogP contribution in [0.4, 0.5) is 5.69 Å². The van der Waals surface area contributed by atoms with Crippen LogP contribution < -0.4 is 4.90 Å². The number of carbonyl (C=O) groups is 1. The first-order valence-electron chi connectivity index (χ1n) is 5.83. The minimum atomic E-state index is -0.204. The van der Waals surface area contributed by atoms with E-state index in [0.717, 1.165) is 16.6 Å². The number of nitrogens with zero attached hydrogens (tertiary/aromatic N) is 3. The lowest BCUT2D eigenvalue weighted by Crippen LogP contribution is -2.24. The number of carbonyl (C=O) groups excluding carboxylic acids is 1. The van der Waals surface area contributed by atoms with Gasteiger partial charge in [-0.15, -0.1) is 0 Å². The number of hydrogen-bond donors (Lipinski definition) is 0. The van der Waals surface area contributed by atoms with E-state index in [1.54, 1.807) is 11.1 Å². The Kier molecular flexibility index (Phi) is 2.45. The summed E-state index contributed by atoms with van der Waals surface area (Å²) in [5.41, 5.74) is 1.71. The fourth-order valence-corrected chi connectivity index (χ4v) is 2.35. The van der Waals surface area contributed by atoms with Crippen molar-refractivity contribution in [1.29, 1.82) is 5.26 Å². The maximum atomic E-state index is 11.9. The van der Waals surface area contributed by atoms with Gasteiger partial charge in [-0.1, -0.05) is 6.07 Å². The Hall–Kier alpha value is -2.41. The summed E-state index contributed by atoms with van der Waals surface area (Å²) in [7, 11) is 0. The van der Waals surface area contributed by atoms with Gasteiger partial charge in [-0.05, 0) is 24.3 Å². The van der Waals surface area contributed by atoms with Crippen LogP contribution in [0.15, 0.2) is 36.5 Å².